The number of ketones is 1. The van der Waals surface area contributed by atoms with Crippen molar-refractivity contribution in [2.45, 2.75) is 39.4 Å². The van der Waals surface area contributed by atoms with Crippen LogP contribution in [0, 0.1) is 5.92 Å². The first-order chi connectivity index (χ1) is 14.6. The van der Waals surface area contributed by atoms with Gasteiger partial charge in [0.05, 0.1) is 17.0 Å². The molecule has 0 bridgehead atoms. The maximum Gasteiger partial charge on any atom is 0.328 e. The number of aromatic hydroxyl groups is 1. The van der Waals surface area contributed by atoms with E-state index in [1.807, 2.05) is 26.0 Å². The predicted molar refractivity (Wildman–Crippen MR) is 117 cm³/mol. The molecule has 4 rings (SSSR count). The highest BCUT2D eigenvalue weighted by Crippen LogP contribution is 2.53. The SMILES string of the molecule is C[C@@H]1C(=O)c2c(O)c(C(=CC(=O)O)c3ccccc3)c3c(c2O[C@@H]1C)C=CC(C)(C)O3. The Hall–Kier alpha value is -3.54. The number of Topliss-reactive ketones (excluding diaryl/α,β-unsaturated/α-hetero) is 1. The maximum atomic E-state index is 13.2. The molecule has 2 aromatic rings. The molecular weight excluding hydrogens is 396 g/mol. The minimum atomic E-state index is -1.18. The van der Waals surface area contributed by atoms with Gasteiger partial charge in [-0.2, -0.15) is 0 Å². The van der Waals surface area contributed by atoms with Crippen LogP contribution < -0.4 is 9.47 Å². The van der Waals surface area contributed by atoms with Crippen molar-refractivity contribution >= 4 is 23.4 Å². The van der Waals surface area contributed by atoms with Crippen LogP contribution in [-0.2, 0) is 4.79 Å². The second kappa shape index (κ2) is 7.30. The number of phenols is 1. The van der Waals surface area contributed by atoms with E-state index in [1.54, 1.807) is 44.2 Å². The number of rotatable bonds is 3. The lowest BCUT2D eigenvalue weighted by Gasteiger charge is -2.35. The van der Waals surface area contributed by atoms with Gasteiger partial charge in [-0.05, 0) is 38.5 Å². The minimum absolute atomic E-state index is 0.0551. The number of benzene rings is 2. The van der Waals surface area contributed by atoms with E-state index in [-0.39, 0.29) is 45.8 Å². The summed E-state index contributed by atoms with van der Waals surface area (Å²) in [7, 11) is 0. The van der Waals surface area contributed by atoms with Crippen LogP contribution in [0.15, 0.2) is 42.5 Å². The smallest absolute Gasteiger partial charge is 0.328 e. The number of hydrogen-bond donors (Lipinski definition) is 2. The molecule has 0 saturated heterocycles. The van der Waals surface area contributed by atoms with Crippen molar-refractivity contribution in [2.75, 3.05) is 0 Å². The summed E-state index contributed by atoms with van der Waals surface area (Å²) in [6, 6.07) is 8.85. The van der Waals surface area contributed by atoms with E-state index in [2.05, 4.69) is 0 Å². The van der Waals surface area contributed by atoms with Crippen molar-refractivity contribution in [1.82, 2.24) is 0 Å². The third kappa shape index (κ3) is 3.48. The number of aliphatic carboxylic acids is 1. The molecule has 31 heavy (non-hydrogen) atoms. The molecule has 0 spiro atoms. The van der Waals surface area contributed by atoms with E-state index in [4.69, 9.17) is 9.47 Å². The molecule has 2 atom stereocenters. The summed E-state index contributed by atoms with van der Waals surface area (Å²) < 4.78 is 12.2. The number of phenolic OH excluding ortho intramolecular Hbond substituents is 1. The second-order valence-corrected chi connectivity index (χ2v) is 8.45. The molecule has 2 aliphatic rings. The number of carbonyl (C=O) groups excluding carboxylic acids is 1. The summed E-state index contributed by atoms with van der Waals surface area (Å²) >= 11 is 0. The van der Waals surface area contributed by atoms with Gasteiger partial charge in [0.25, 0.3) is 0 Å². The van der Waals surface area contributed by atoms with Gasteiger partial charge >= 0.3 is 5.97 Å². The lowest BCUT2D eigenvalue weighted by atomic mass is 9.83. The predicted octanol–water partition coefficient (Wildman–Crippen LogP) is 4.69. The molecule has 0 saturated carbocycles. The van der Waals surface area contributed by atoms with Crippen molar-refractivity contribution in [2.24, 2.45) is 5.92 Å². The zero-order chi connectivity index (χ0) is 22.5. The molecule has 2 N–H and O–H groups in total. The number of carboxylic acids is 1. The third-order valence-corrected chi connectivity index (χ3v) is 5.72. The van der Waals surface area contributed by atoms with Crippen LogP contribution in [0.4, 0.5) is 0 Å². The van der Waals surface area contributed by atoms with Crippen molar-refractivity contribution in [3.8, 4) is 17.2 Å². The Morgan fingerprint density at radius 2 is 1.81 bits per heavy atom. The fourth-order valence-electron chi connectivity index (χ4n) is 3.92. The zero-order valence-corrected chi connectivity index (χ0v) is 17.8. The van der Waals surface area contributed by atoms with E-state index in [0.29, 0.717) is 11.1 Å². The lowest BCUT2D eigenvalue weighted by molar-refractivity contribution is -0.131. The standard InChI is InChI=1S/C25H24O6/c1-13-14(2)30-23-16-10-11-25(3,4)31-24(16)19(22(29)20(23)21(13)28)17(12-18(26)27)15-8-6-5-7-9-15/h5-14,29H,1-4H3,(H,26,27)/t13-,14+/m0/s1. The Kier molecular flexibility index (Phi) is 4.88. The molecule has 2 aromatic carbocycles. The molecule has 0 fully saturated rings. The monoisotopic (exact) mass is 420 g/mol. The second-order valence-electron chi connectivity index (χ2n) is 8.45. The van der Waals surface area contributed by atoms with Crippen LogP contribution >= 0.6 is 0 Å². The van der Waals surface area contributed by atoms with Gasteiger partial charge < -0.3 is 19.7 Å². The van der Waals surface area contributed by atoms with Crippen molar-refractivity contribution in [1.29, 1.82) is 0 Å². The summed E-state index contributed by atoms with van der Waals surface area (Å²) in [6.07, 6.45) is 4.29. The summed E-state index contributed by atoms with van der Waals surface area (Å²) in [5, 5.41) is 20.9. The van der Waals surface area contributed by atoms with Crippen molar-refractivity contribution in [3.05, 3.63) is 64.7 Å². The Morgan fingerprint density at radius 1 is 1.13 bits per heavy atom. The molecule has 0 radical (unpaired) electrons. The Balaban J connectivity index is 2.11. The van der Waals surface area contributed by atoms with Gasteiger partial charge in [-0.15, -0.1) is 0 Å². The van der Waals surface area contributed by atoms with E-state index in [9.17, 15) is 19.8 Å². The molecule has 160 valence electrons. The first-order valence-electron chi connectivity index (χ1n) is 10.1. The van der Waals surface area contributed by atoms with Crippen molar-refractivity contribution in [3.63, 3.8) is 0 Å². The van der Waals surface area contributed by atoms with E-state index >= 15 is 0 Å². The quantitative estimate of drug-likeness (QED) is 0.700. The minimum Gasteiger partial charge on any atom is -0.506 e. The largest absolute Gasteiger partial charge is 0.506 e. The molecule has 0 aromatic heterocycles. The average Bonchev–Trinajstić information content (AvgIpc) is 2.70. The molecule has 2 aliphatic heterocycles. The van der Waals surface area contributed by atoms with Gasteiger partial charge in [0, 0.05) is 11.6 Å². The van der Waals surface area contributed by atoms with E-state index in [0.717, 1.165) is 6.08 Å². The van der Waals surface area contributed by atoms with Crippen LogP contribution in [0.3, 0.4) is 0 Å². The number of fused-ring (bicyclic) bond motifs is 3. The fraction of sp³-hybridized carbons (Fsp3) is 0.280. The number of carboxylic acid groups (broad SMARTS) is 1. The maximum absolute atomic E-state index is 13.2. The van der Waals surface area contributed by atoms with Gasteiger partial charge in [-0.1, -0.05) is 37.3 Å². The summed E-state index contributed by atoms with van der Waals surface area (Å²) in [4.78, 5) is 24.9. The Bertz CT molecular complexity index is 1140. The van der Waals surface area contributed by atoms with Gasteiger partial charge in [0.2, 0.25) is 0 Å². The molecule has 0 amide bonds. The van der Waals surface area contributed by atoms with Gasteiger partial charge in [-0.25, -0.2) is 4.79 Å². The summed E-state index contributed by atoms with van der Waals surface area (Å²) in [5.41, 5.74) is 0.851. The van der Waals surface area contributed by atoms with Crippen LogP contribution in [0.25, 0.3) is 11.6 Å². The summed E-state index contributed by atoms with van der Waals surface area (Å²) in [6.45, 7) is 7.26. The average molecular weight is 420 g/mol. The first kappa shape index (κ1) is 20.7. The van der Waals surface area contributed by atoms with Crippen LogP contribution in [0.1, 0.15) is 54.7 Å². The van der Waals surface area contributed by atoms with Gasteiger partial charge in [-0.3, -0.25) is 4.79 Å². The van der Waals surface area contributed by atoms with E-state index in [1.165, 1.54) is 0 Å². The highest BCUT2D eigenvalue weighted by molar-refractivity contribution is 6.09. The number of carbonyl (C=O) groups is 2. The van der Waals surface area contributed by atoms with Crippen LogP contribution in [-0.4, -0.2) is 33.7 Å². The molecular formula is C25H24O6. The molecule has 0 aliphatic carbocycles. The Morgan fingerprint density at radius 3 is 2.45 bits per heavy atom. The van der Waals surface area contributed by atoms with Crippen molar-refractivity contribution < 1.29 is 29.3 Å². The van der Waals surface area contributed by atoms with Crippen LogP contribution in [0.2, 0.25) is 0 Å². The summed E-state index contributed by atoms with van der Waals surface area (Å²) in [5.74, 6) is -1.68. The fourth-order valence-corrected chi connectivity index (χ4v) is 3.92. The molecule has 0 unspecified atom stereocenters. The Labute approximate surface area is 180 Å². The van der Waals surface area contributed by atoms with Gasteiger partial charge in [0.15, 0.2) is 5.78 Å². The number of hydrogen-bond acceptors (Lipinski definition) is 5. The molecule has 6 nitrogen and oxygen atoms in total. The highest BCUT2D eigenvalue weighted by Gasteiger charge is 2.40. The third-order valence-electron chi connectivity index (χ3n) is 5.72. The highest BCUT2D eigenvalue weighted by atomic mass is 16.5. The molecule has 2 heterocycles. The topological polar surface area (TPSA) is 93.1 Å². The first-order valence-corrected chi connectivity index (χ1v) is 10.1. The van der Waals surface area contributed by atoms with Crippen LogP contribution in [0.5, 0.6) is 17.2 Å². The normalized spacial score (nSPS) is 21.5. The molecule has 6 heteroatoms. The lowest BCUT2D eigenvalue weighted by Crippen LogP contribution is -2.35. The zero-order valence-electron chi connectivity index (χ0n) is 17.8. The van der Waals surface area contributed by atoms with Gasteiger partial charge in [0.1, 0.15) is 34.5 Å². The number of ether oxygens (including phenoxy) is 2. The van der Waals surface area contributed by atoms with E-state index < -0.39 is 17.5 Å².